The summed E-state index contributed by atoms with van der Waals surface area (Å²) in [7, 11) is -2.93. The van der Waals surface area contributed by atoms with Crippen molar-refractivity contribution in [2.24, 2.45) is 0 Å². The third-order valence-electron chi connectivity index (χ3n) is 17.2. The van der Waals surface area contributed by atoms with Crippen molar-refractivity contribution < 1.29 is 32.7 Å². The third-order valence-corrected chi connectivity index (χ3v) is 22.0. The molecule has 3 aromatic heterocycles. The second kappa shape index (κ2) is 21.8. The molecule has 0 fully saturated rings. The normalized spacial score (nSPS) is 13.3. The van der Waals surface area contributed by atoms with Gasteiger partial charge in [-0.1, -0.05) is 270 Å². The summed E-state index contributed by atoms with van der Waals surface area (Å²) >= 11 is 0. The van der Waals surface area contributed by atoms with E-state index in [2.05, 4.69) is 262 Å². The number of ether oxygens (including phenoxy) is 1. The molecule has 87 heavy (non-hydrogen) atoms. The van der Waals surface area contributed by atoms with Crippen LogP contribution in [0, 0.1) is 18.8 Å². The van der Waals surface area contributed by atoms with Gasteiger partial charge in [0.2, 0.25) is 0 Å². The van der Waals surface area contributed by atoms with Crippen molar-refractivity contribution in [1.82, 2.24) is 14.1 Å². The molecule has 0 aliphatic carbocycles. The number of rotatable bonds is 9. The van der Waals surface area contributed by atoms with E-state index in [1.807, 2.05) is 48.7 Å². The van der Waals surface area contributed by atoms with Crippen LogP contribution in [0.25, 0.3) is 82.1 Å². The van der Waals surface area contributed by atoms with Crippen molar-refractivity contribution in [1.29, 1.82) is 0 Å². The summed E-state index contributed by atoms with van der Waals surface area (Å²) in [6.45, 7) is 15.5. The predicted molar refractivity (Wildman–Crippen MR) is 363 cm³/mol. The van der Waals surface area contributed by atoms with Crippen molar-refractivity contribution in [2.75, 3.05) is 4.90 Å². The zero-order valence-corrected chi connectivity index (χ0v) is 52.4. The van der Waals surface area contributed by atoms with Crippen molar-refractivity contribution in [2.45, 2.75) is 52.4 Å². The maximum Gasteiger partial charge on any atom is 0.179 e. The van der Waals surface area contributed by atoms with Gasteiger partial charge in [0.15, 0.2) is 8.07 Å². The van der Waals surface area contributed by atoms with E-state index in [4.69, 9.17) is 13.8 Å². The minimum atomic E-state index is -2.93. The number of benzene rings is 11. The van der Waals surface area contributed by atoms with Gasteiger partial charge in [-0.25, -0.2) is 4.98 Å². The minimum absolute atomic E-state index is 0. The number of aromatic nitrogens is 3. The van der Waals surface area contributed by atoms with Gasteiger partial charge in [-0.05, 0) is 122 Å². The van der Waals surface area contributed by atoms with E-state index in [-0.39, 0.29) is 49.5 Å². The molecule has 5 nitrogen and oxygen atoms in total. The van der Waals surface area contributed by atoms with Gasteiger partial charge in [0.1, 0.15) is 5.82 Å². The van der Waals surface area contributed by atoms with Gasteiger partial charge in [-0.3, -0.25) is 0 Å². The topological polar surface area (TPSA) is 35.2 Å². The zero-order chi connectivity index (χ0) is 62.7. The van der Waals surface area contributed by atoms with Gasteiger partial charge < -0.3 is 18.8 Å². The first-order chi connectivity index (χ1) is 44.0. The molecule has 0 radical (unpaired) electrons. The summed E-state index contributed by atoms with van der Waals surface area (Å²) in [6.07, 6.45) is 1.90. The molecule has 0 saturated heterocycles. The van der Waals surface area contributed by atoms with E-state index >= 15 is 0 Å². The summed E-state index contributed by atoms with van der Waals surface area (Å²) < 4.78 is 56.4. The first kappa shape index (κ1) is 49.8. The Morgan fingerprint density at radius 1 is 0.471 bits per heavy atom. The molecule has 14 aromatic rings. The molecule has 0 saturated carbocycles. The second-order valence-electron chi connectivity index (χ2n) is 24.4. The van der Waals surface area contributed by atoms with Gasteiger partial charge in [0, 0.05) is 50.0 Å². The number of nitrogens with zero attached hydrogens (tertiary/aromatic N) is 4. The van der Waals surface area contributed by atoms with E-state index < -0.39 is 26.2 Å². The number of hydrogen-bond acceptors (Lipinski definition) is 3. The van der Waals surface area contributed by atoms with E-state index in [0.717, 1.165) is 87.8 Å². The van der Waals surface area contributed by atoms with Crippen LogP contribution < -0.4 is 30.4 Å². The maximum atomic E-state index is 9.32. The molecule has 426 valence electrons. The van der Waals surface area contributed by atoms with Gasteiger partial charge in [0.05, 0.1) is 6.85 Å². The minimum Gasteiger partial charge on any atom is -0.509 e. The first-order valence-corrected chi connectivity index (χ1v) is 31.3. The molecule has 0 unspecified atom stereocenters. The fourth-order valence-electron chi connectivity index (χ4n) is 13.2. The van der Waals surface area contributed by atoms with E-state index in [1.165, 1.54) is 20.7 Å². The van der Waals surface area contributed by atoms with Crippen LogP contribution >= 0.6 is 0 Å². The second-order valence-corrected chi connectivity index (χ2v) is 28.3. The number of para-hydroxylation sites is 1. The molecule has 4 heterocycles. The Morgan fingerprint density at radius 2 is 1.06 bits per heavy atom. The average Bonchev–Trinajstić information content (AvgIpc) is 1.52. The van der Waals surface area contributed by atoms with Crippen molar-refractivity contribution >= 4 is 105 Å². The number of fused-ring (bicyclic) bond motifs is 10. The van der Waals surface area contributed by atoms with Crippen LogP contribution in [0.15, 0.2) is 267 Å². The SMILES string of the molecule is [2H]c1c([2H])c([2H])c(-c2cc3c4c(c2)c2ccccc2c2ccccc2c2cccc(C(C)(C)C)c2n4[CH-]N3c2[c-]c(Oc3[c-]c4c(cc3)c3cc([Si](c5ccccc5)(c5ccccc5)c5ccccc5)ccc3n4-c3cc(C(C)(C)C)ccn3)ccc2)c([2H])c1[2H].[Pt]. The molecule has 15 rings (SSSR count). The van der Waals surface area contributed by atoms with Crippen LogP contribution in [-0.4, -0.2) is 22.2 Å². The van der Waals surface area contributed by atoms with Gasteiger partial charge >= 0.3 is 0 Å². The molecule has 0 atom stereocenters. The van der Waals surface area contributed by atoms with Crippen LogP contribution in [0.2, 0.25) is 0 Å². The fourth-order valence-corrected chi connectivity index (χ4v) is 18.0. The Morgan fingerprint density at radius 3 is 1.69 bits per heavy atom. The van der Waals surface area contributed by atoms with Crippen LogP contribution in [0.5, 0.6) is 11.5 Å². The molecule has 1 aliphatic rings. The predicted octanol–water partition coefficient (Wildman–Crippen LogP) is 17.9. The quantitative estimate of drug-likeness (QED) is 0.0821. The number of pyridine rings is 1. The number of anilines is 2. The van der Waals surface area contributed by atoms with Crippen LogP contribution in [0.1, 0.15) is 59.5 Å². The molecular formula is C80H63N4OPtSi-3. The van der Waals surface area contributed by atoms with E-state index in [1.54, 1.807) is 0 Å². The Labute approximate surface area is 531 Å². The Bertz CT molecular complexity index is 5220. The van der Waals surface area contributed by atoms with Gasteiger partial charge in [-0.15, -0.1) is 35.7 Å². The average molecular weight is 1320 g/mol. The molecule has 11 aromatic carbocycles. The Kier molecular flexibility index (Phi) is 12.5. The van der Waals surface area contributed by atoms with Gasteiger partial charge in [-0.2, -0.15) is 12.1 Å². The molecule has 0 amide bonds. The van der Waals surface area contributed by atoms with Crippen molar-refractivity contribution in [3.05, 3.63) is 297 Å². The van der Waals surface area contributed by atoms with Crippen molar-refractivity contribution in [3.63, 3.8) is 0 Å². The molecule has 1 aliphatic heterocycles. The van der Waals surface area contributed by atoms with E-state index in [0.29, 0.717) is 22.7 Å². The summed E-state index contributed by atoms with van der Waals surface area (Å²) in [5.41, 5.74) is 7.47. The Balaban J connectivity index is 0.00000735. The summed E-state index contributed by atoms with van der Waals surface area (Å²) in [6, 6.07) is 87.3. The fraction of sp³-hybridized carbons (Fsp3) is 0.100. The summed E-state index contributed by atoms with van der Waals surface area (Å²) in [4.78, 5) is 7.17. The molecular weight excluding hydrogens is 1260 g/mol. The summed E-state index contributed by atoms with van der Waals surface area (Å²) in [5.74, 6) is 1.71. The zero-order valence-electron chi connectivity index (χ0n) is 54.1. The molecule has 0 bridgehead atoms. The summed E-state index contributed by atoms with van der Waals surface area (Å²) in [5, 5.41) is 13.1. The molecule has 0 spiro atoms. The van der Waals surface area contributed by atoms with E-state index in [9.17, 15) is 2.74 Å². The largest absolute Gasteiger partial charge is 0.509 e. The van der Waals surface area contributed by atoms with Crippen LogP contribution in [0.3, 0.4) is 0 Å². The van der Waals surface area contributed by atoms with Crippen molar-refractivity contribution in [3.8, 4) is 28.4 Å². The monoisotopic (exact) mass is 1320 g/mol. The molecule has 0 N–H and O–H groups in total. The van der Waals surface area contributed by atoms with Crippen LogP contribution in [0.4, 0.5) is 11.4 Å². The molecule has 7 heteroatoms. The Hall–Kier alpha value is -9.45. The maximum absolute atomic E-state index is 9.32. The standard InChI is InChI=1S/C80H63N4OSi.Pt/c1-79(2,3)56-45-46-81-76(49-56)84-73-44-42-63(86(60-29-13-8-14-30-60,61-31-15-9-16-32-61)62-33-17-10-18-34-62)52-70(73)68-43-41-59(51-74(68)84)85-58-28-23-27-57(50-58)82-53-83-77-69(39-24-40-72(77)80(4,5)6)66-37-21-19-35-64(66)65-36-20-22-38-67(65)71-47-55(48-75(82)78(71)83)54-25-11-7-12-26-54;/h7-49,52-53H,1-6H3;/q-3;/i7D,11D,12D,25D,26D;. The van der Waals surface area contributed by atoms with Gasteiger partial charge in [0.25, 0.3) is 0 Å². The number of hydrogen-bond donors (Lipinski definition) is 0. The smallest absolute Gasteiger partial charge is 0.179 e. The third kappa shape index (κ3) is 9.42. The first-order valence-electron chi connectivity index (χ1n) is 31.8. The van der Waals surface area contributed by atoms with Crippen LogP contribution in [-0.2, 0) is 31.9 Å².